The lowest BCUT2D eigenvalue weighted by Gasteiger charge is -2.22. The van der Waals surface area contributed by atoms with Crippen molar-refractivity contribution in [2.45, 2.75) is 6.92 Å². The molecule has 0 unspecified atom stereocenters. The zero-order valence-electron chi connectivity index (χ0n) is 16.8. The van der Waals surface area contributed by atoms with Gasteiger partial charge in [-0.1, -0.05) is 48.0 Å². The van der Waals surface area contributed by atoms with Crippen LogP contribution in [0.3, 0.4) is 0 Å². The molecular formula is C23H24N2O4. The van der Waals surface area contributed by atoms with Crippen molar-refractivity contribution >= 4 is 22.8 Å². The molecular weight excluding hydrogens is 368 g/mol. The summed E-state index contributed by atoms with van der Waals surface area (Å²) in [6.45, 7) is 2.47. The molecule has 2 aromatic carbocycles. The van der Waals surface area contributed by atoms with Gasteiger partial charge in [-0.25, -0.2) is 4.98 Å². The standard InChI is InChI=1S/C23H24N2O4/c1-16-8-10-17(11-9-16)21-14-19(18-6-4-5-7-20(18)24-21)23(27)25(12-13-28-2)15-22(26)29-3/h4-11,14H,12-13,15H2,1-3H3. The molecule has 6 heteroatoms. The fourth-order valence-corrected chi connectivity index (χ4v) is 3.07. The molecule has 3 rings (SSSR count). The largest absolute Gasteiger partial charge is 0.468 e. The first-order chi connectivity index (χ1) is 14.0. The van der Waals surface area contributed by atoms with Crippen LogP contribution >= 0.6 is 0 Å². The third kappa shape index (κ3) is 4.78. The topological polar surface area (TPSA) is 68.7 Å². The number of amides is 1. The molecule has 0 aliphatic heterocycles. The van der Waals surface area contributed by atoms with Crippen LogP contribution in [-0.2, 0) is 14.3 Å². The van der Waals surface area contributed by atoms with E-state index in [1.54, 1.807) is 13.2 Å². The van der Waals surface area contributed by atoms with E-state index in [9.17, 15) is 9.59 Å². The van der Waals surface area contributed by atoms with Gasteiger partial charge in [0.15, 0.2) is 0 Å². The summed E-state index contributed by atoms with van der Waals surface area (Å²) >= 11 is 0. The van der Waals surface area contributed by atoms with Crippen molar-refractivity contribution in [1.82, 2.24) is 9.88 Å². The van der Waals surface area contributed by atoms with Gasteiger partial charge in [0.1, 0.15) is 6.54 Å². The molecule has 0 aliphatic rings. The van der Waals surface area contributed by atoms with Crippen molar-refractivity contribution in [3.05, 3.63) is 65.7 Å². The van der Waals surface area contributed by atoms with Crippen LogP contribution < -0.4 is 0 Å². The van der Waals surface area contributed by atoms with Gasteiger partial charge in [0.05, 0.1) is 30.5 Å². The number of pyridine rings is 1. The second-order valence-electron chi connectivity index (χ2n) is 6.73. The highest BCUT2D eigenvalue weighted by Gasteiger charge is 2.22. The number of aromatic nitrogens is 1. The van der Waals surface area contributed by atoms with Crippen LogP contribution in [0.15, 0.2) is 54.6 Å². The van der Waals surface area contributed by atoms with E-state index in [0.717, 1.165) is 22.0 Å². The van der Waals surface area contributed by atoms with Crippen LogP contribution in [0.5, 0.6) is 0 Å². The molecule has 29 heavy (non-hydrogen) atoms. The lowest BCUT2D eigenvalue weighted by molar-refractivity contribution is -0.141. The summed E-state index contributed by atoms with van der Waals surface area (Å²) in [7, 11) is 2.86. The Balaban J connectivity index is 2.08. The van der Waals surface area contributed by atoms with Gasteiger partial charge in [-0.05, 0) is 19.1 Å². The fraction of sp³-hybridized carbons (Fsp3) is 0.261. The molecule has 1 heterocycles. The predicted octanol–water partition coefficient (Wildman–Crippen LogP) is 3.47. The van der Waals surface area contributed by atoms with Crippen LogP contribution in [0.4, 0.5) is 0 Å². The fourth-order valence-electron chi connectivity index (χ4n) is 3.07. The maximum atomic E-state index is 13.4. The molecule has 0 radical (unpaired) electrons. The summed E-state index contributed by atoms with van der Waals surface area (Å²) in [6, 6.07) is 17.3. The second-order valence-corrected chi connectivity index (χ2v) is 6.73. The lowest BCUT2D eigenvalue weighted by atomic mass is 10.0. The first-order valence-corrected chi connectivity index (χ1v) is 9.35. The number of fused-ring (bicyclic) bond motifs is 1. The van der Waals surface area contributed by atoms with Gasteiger partial charge in [-0.15, -0.1) is 0 Å². The van der Waals surface area contributed by atoms with E-state index in [-0.39, 0.29) is 19.0 Å². The molecule has 0 spiro atoms. The van der Waals surface area contributed by atoms with Crippen LogP contribution in [0, 0.1) is 6.92 Å². The highest BCUT2D eigenvalue weighted by atomic mass is 16.5. The molecule has 0 saturated heterocycles. The minimum Gasteiger partial charge on any atom is -0.468 e. The number of methoxy groups -OCH3 is 2. The molecule has 3 aromatic rings. The van der Waals surface area contributed by atoms with Gasteiger partial charge in [0, 0.05) is 24.6 Å². The minimum absolute atomic E-state index is 0.144. The number of carbonyl (C=O) groups is 2. The van der Waals surface area contributed by atoms with E-state index in [4.69, 9.17) is 14.5 Å². The van der Waals surface area contributed by atoms with E-state index in [1.807, 2.05) is 55.5 Å². The number of ether oxygens (including phenoxy) is 2. The summed E-state index contributed by atoms with van der Waals surface area (Å²) < 4.78 is 9.86. The summed E-state index contributed by atoms with van der Waals surface area (Å²) in [4.78, 5) is 31.4. The zero-order valence-corrected chi connectivity index (χ0v) is 16.8. The van der Waals surface area contributed by atoms with Crippen LogP contribution in [0.1, 0.15) is 15.9 Å². The Morgan fingerprint density at radius 1 is 1.03 bits per heavy atom. The number of esters is 1. The maximum absolute atomic E-state index is 13.4. The van der Waals surface area contributed by atoms with E-state index in [0.29, 0.717) is 17.9 Å². The third-order valence-electron chi connectivity index (χ3n) is 4.69. The van der Waals surface area contributed by atoms with Crippen molar-refractivity contribution in [2.75, 3.05) is 33.9 Å². The van der Waals surface area contributed by atoms with Crippen molar-refractivity contribution in [3.8, 4) is 11.3 Å². The quantitative estimate of drug-likeness (QED) is 0.576. The number of rotatable bonds is 7. The van der Waals surface area contributed by atoms with Gasteiger partial charge in [-0.2, -0.15) is 0 Å². The third-order valence-corrected chi connectivity index (χ3v) is 4.69. The molecule has 150 valence electrons. The molecule has 0 N–H and O–H groups in total. The van der Waals surface area contributed by atoms with Crippen LogP contribution in [0.25, 0.3) is 22.2 Å². The second kappa shape index (κ2) is 9.30. The summed E-state index contributed by atoms with van der Waals surface area (Å²) in [5.41, 5.74) is 3.99. The van der Waals surface area contributed by atoms with E-state index in [2.05, 4.69) is 0 Å². The van der Waals surface area contributed by atoms with Gasteiger partial charge in [-0.3, -0.25) is 9.59 Å². The minimum atomic E-state index is -0.480. The molecule has 0 fully saturated rings. The van der Waals surface area contributed by atoms with Gasteiger partial charge >= 0.3 is 5.97 Å². The van der Waals surface area contributed by atoms with E-state index in [1.165, 1.54) is 12.0 Å². The first-order valence-electron chi connectivity index (χ1n) is 9.35. The number of aryl methyl sites for hydroxylation is 1. The maximum Gasteiger partial charge on any atom is 0.325 e. The highest BCUT2D eigenvalue weighted by Crippen LogP contribution is 2.26. The van der Waals surface area contributed by atoms with E-state index >= 15 is 0 Å². The van der Waals surface area contributed by atoms with E-state index < -0.39 is 5.97 Å². The smallest absolute Gasteiger partial charge is 0.325 e. The Morgan fingerprint density at radius 2 is 1.76 bits per heavy atom. The molecule has 0 atom stereocenters. The van der Waals surface area contributed by atoms with Crippen molar-refractivity contribution in [2.24, 2.45) is 0 Å². The Morgan fingerprint density at radius 3 is 2.45 bits per heavy atom. The Kier molecular flexibility index (Phi) is 6.57. The summed E-state index contributed by atoms with van der Waals surface area (Å²) in [5, 5.41) is 0.737. The van der Waals surface area contributed by atoms with Gasteiger partial charge < -0.3 is 14.4 Å². The summed E-state index contributed by atoms with van der Waals surface area (Å²) in [5.74, 6) is -0.744. The highest BCUT2D eigenvalue weighted by molar-refractivity contribution is 6.07. The number of hydrogen-bond donors (Lipinski definition) is 0. The number of para-hydroxylation sites is 1. The molecule has 0 aliphatic carbocycles. The predicted molar refractivity (Wildman–Crippen MR) is 112 cm³/mol. The van der Waals surface area contributed by atoms with Crippen molar-refractivity contribution in [1.29, 1.82) is 0 Å². The lowest BCUT2D eigenvalue weighted by Crippen LogP contribution is -2.38. The SMILES string of the molecule is COCCN(CC(=O)OC)C(=O)c1cc(-c2ccc(C)cc2)nc2ccccc12. The van der Waals surface area contributed by atoms with Crippen LogP contribution in [-0.4, -0.2) is 55.7 Å². The Hall–Kier alpha value is -3.25. The normalized spacial score (nSPS) is 10.7. The Bertz CT molecular complexity index is 1020. The van der Waals surface area contributed by atoms with Crippen LogP contribution in [0.2, 0.25) is 0 Å². The average Bonchev–Trinajstić information content (AvgIpc) is 2.75. The van der Waals surface area contributed by atoms with Gasteiger partial charge in [0.25, 0.3) is 5.91 Å². The monoisotopic (exact) mass is 392 g/mol. The van der Waals surface area contributed by atoms with Crippen molar-refractivity contribution < 1.29 is 19.1 Å². The Labute approximate surface area is 170 Å². The molecule has 1 aromatic heterocycles. The number of benzene rings is 2. The van der Waals surface area contributed by atoms with Gasteiger partial charge in [0.2, 0.25) is 0 Å². The molecule has 0 bridgehead atoms. The molecule has 1 amide bonds. The summed E-state index contributed by atoms with van der Waals surface area (Å²) in [6.07, 6.45) is 0. The molecule has 0 saturated carbocycles. The molecule has 6 nitrogen and oxygen atoms in total. The number of carbonyl (C=O) groups excluding carboxylic acids is 2. The first kappa shape index (κ1) is 20.5. The number of nitrogens with zero attached hydrogens (tertiary/aromatic N) is 2. The zero-order chi connectivity index (χ0) is 20.8. The number of hydrogen-bond acceptors (Lipinski definition) is 5. The van der Waals surface area contributed by atoms with Crippen molar-refractivity contribution in [3.63, 3.8) is 0 Å². The average molecular weight is 392 g/mol.